The van der Waals surface area contributed by atoms with Crippen LogP contribution < -0.4 is 5.32 Å². The van der Waals surface area contributed by atoms with Crippen molar-refractivity contribution < 1.29 is 0 Å². The Morgan fingerprint density at radius 3 is 3.00 bits per heavy atom. The lowest BCUT2D eigenvalue weighted by Gasteiger charge is -2.25. The molecule has 0 fully saturated rings. The second-order valence-corrected chi connectivity index (χ2v) is 5.02. The number of fused-ring (bicyclic) bond motifs is 1. The fourth-order valence-electron chi connectivity index (χ4n) is 2.20. The summed E-state index contributed by atoms with van der Waals surface area (Å²) in [6.45, 7) is 0.858. The average Bonchev–Trinajstić information content (AvgIpc) is 2.39. The second kappa shape index (κ2) is 4.55. The van der Waals surface area contributed by atoms with Crippen molar-refractivity contribution in [2.75, 3.05) is 0 Å². The van der Waals surface area contributed by atoms with Crippen LogP contribution in [0.3, 0.4) is 0 Å². The van der Waals surface area contributed by atoms with Gasteiger partial charge >= 0.3 is 0 Å². The van der Waals surface area contributed by atoms with Crippen LogP contribution in [0.2, 0.25) is 0 Å². The lowest BCUT2D eigenvalue weighted by atomic mass is 9.96. The first-order chi connectivity index (χ1) is 8.34. The van der Waals surface area contributed by atoms with E-state index >= 15 is 0 Å². The summed E-state index contributed by atoms with van der Waals surface area (Å²) in [4.78, 5) is 0. The molecule has 4 heteroatoms. The van der Waals surface area contributed by atoms with Gasteiger partial charge < -0.3 is 5.32 Å². The van der Waals surface area contributed by atoms with Crippen LogP contribution in [0.25, 0.3) is 0 Å². The van der Waals surface area contributed by atoms with E-state index in [4.69, 9.17) is 0 Å². The summed E-state index contributed by atoms with van der Waals surface area (Å²) in [7, 11) is 0. The third-order valence-electron chi connectivity index (χ3n) is 3.11. The molecule has 3 nitrogen and oxygen atoms in total. The van der Waals surface area contributed by atoms with E-state index in [-0.39, 0.29) is 0 Å². The Bertz CT molecular complexity index is 542. The number of hydrogen-bond acceptors (Lipinski definition) is 3. The number of benzene rings is 1. The number of nitrogens with zero attached hydrogens (tertiary/aromatic N) is 2. The van der Waals surface area contributed by atoms with Crippen molar-refractivity contribution in [3.8, 4) is 0 Å². The Hall–Kier alpha value is -1.26. The summed E-state index contributed by atoms with van der Waals surface area (Å²) in [5, 5.41) is 11.7. The highest BCUT2D eigenvalue weighted by atomic mass is 79.9. The molecule has 86 valence electrons. The molecule has 0 amide bonds. The normalized spacial score (nSPS) is 18.8. The van der Waals surface area contributed by atoms with Crippen molar-refractivity contribution in [2.45, 2.75) is 19.0 Å². The van der Waals surface area contributed by atoms with Gasteiger partial charge in [-0.3, -0.25) is 0 Å². The highest BCUT2D eigenvalue weighted by molar-refractivity contribution is 9.10. The Kier molecular flexibility index (Phi) is 2.91. The Labute approximate surface area is 108 Å². The molecule has 0 radical (unpaired) electrons. The summed E-state index contributed by atoms with van der Waals surface area (Å²) in [6.07, 6.45) is 2.64. The second-order valence-electron chi connectivity index (χ2n) is 4.16. The molecule has 1 aliphatic heterocycles. The minimum atomic E-state index is 0.315. The van der Waals surface area contributed by atoms with Gasteiger partial charge in [0.2, 0.25) is 0 Å². The fraction of sp³-hybridized carbons (Fsp3) is 0.231. The van der Waals surface area contributed by atoms with Crippen LogP contribution in [0, 0.1) is 0 Å². The zero-order chi connectivity index (χ0) is 11.7. The van der Waals surface area contributed by atoms with Crippen LogP contribution in [0.1, 0.15) is 22.9 Å². The monoisotopic (exact) mass is 289 g/mol. The summed E-state index contributed by atoms with van der Waals surface area (Å²) in [6, 6.07) is 10.7. The minimum Gasteiger partial charge on any atom is -0.305 e. The van der Waals surface area contributed by atoms with Crippen LogP contribution in [0.4, 0.5) is 0 Å². The highest BCUT2D eigenvalue weighted by Crippen LogP contribution is 2.28. The maximum absolute atomic E-state index is 4.22. The quantitative estimate of drug-likeness (QED) is 0.877. The van der Waals surface area contributed by atoms with Crippen LogP contribution in [-0.2, 0) is 13.0 Å². The van der Waals surface area contributed by atoms with Crippen molar-refractivity contribution in [3.05, 3.63) is 57.8 Å². The summed E-state index contributed by atoms with van der Waals surface area (Å²) in [5.74, 6) is 0. The first-order valence-corrected chi connectivity index (χ1v) is 6.41. The smallest absolute Gasteiger partial charge is 0.0694 e. The zero-order valence-electron chi connectivity index (χ0n) is 9.23. The fourth-order valence-corrected chi connectivity index (χ4v) is 2.76. The number of halogens is 1. The Balaban J connectivity index is 1.92. The summed E-state index contributed by atoms with van der Waals surface area (Å²) >= 11 is 3.60. The molecule has 0 bridgehead atoms. The first-order valence-electron chi connectivity index (χ1n) is 5.62. The van der Waals surface area contributed by atoms with Gasteiger partial charge in [-0.25, -0.2) is 0 Å². The first kappa shape index (κ1) is 10.9. The number of hydrogen-bond donors (Lipinski definition) is 1. The van der Waals surface area contributed by atoms with Gasteiger partial charge in [0.05, 0.1) is 5.69 Å². The lowest BCUT2D eigenvalue weighted by molar-refractivity contribution is 0.484. The third kappa shape index (κ3) is 2.10. The number of rotatable bonds is 1. The molecule has 1 aromatic carbocycles. The van der Waals surface area contributed by atoms with Gasteiger partial charge in [0, 0.05) is 29.7 Å². The van der Waals surface area contributed by atoms with Crippen molar-refractivity contribution >= 4 is 15.9 Å². The molecule has 2 aromatic rings. The standard InChI is InChI=1S/C13H12BrN3/c14-11-4-2-1-3-10(11)13-7-12-9(8-15-13)5-6-16-17-12/h1-6,13,15H,7-8H2. The van der Waals surface area contributed by atoms with E-state index in [1.54, 1.807) is 6.20 Å². The topological polar surface area (TPSA) is 37.8 Å². The third-order valence-corrected chi connectivity index (χ3v) is 3.83. The average molecular weight is 290 g/mol. The predicted octanol–water partition coefficient (Wildman–Crippen LogP) is 2.63. The molecular formula is C13H12BrN3. The zero-order valence-corrected chi connectivity index (χ0v) is 10.8. The van der Waals surface area contributed by atoms with Crippen LogP contribution in [-0.4, -0.2) is 10.2 Å². The number of nitrogens with one attached hydrogen (secondary N) is 1. The minimum absolute atomic E-state index is 0.315. The van der Waals surface area contributed by atoms with E-state index in [9.17, 15) is 0 Å². The highest BCUT2D eigenvalue weighted by Gasteiger charge is 2.21. The van der Waals surface area contributed by atoms with Crippen LogP contribution >= 0.6 is 15.9 Å². The maximum Gasteiger partial charge on any atom is 0.0694 e. The van der Waals surface area contributed by atoms with Gasteiger partial charge in [-0.05, 0) is 23.3 Å². The molecule has 1 N–H and O–H groups in total. The Morgan fingerprint density at radius 1 is 1.24 bits per heavy atom. The van der Waals surface area contributed by atoms with Gasteiger partial charge in [0.15, 0.2) is 0 Å². The molecule has 0 spiro atoms. The molecule has 1 aromatic heterocycles. The molecule has 1 unspecified atom stereocenters. The number of aromatic nitrogens is 2. The van der Waals surface area contributed by atoms with Crippen molar-refractivity contribution in [1.82, 2.24) is 15.5 Å². The van der Waals surface area contributed by atoms with E-state index in [1.165, 1.54) is 11.1 Å². The van der Waals surface area contributed by atoms with Crippen LogP contribution in [0.5, 0.6) is 0 Å². The lowest BCUT2D eigenvalue weighted by Crippen LogP contribution is -2.29. The van der Waals surface area contributed by atoms with E-state index in [0.717, 1.165) is 23.1 Å². The molecule has 0 saturated carbocycles. The molecule has 3 rings (SSSR count). The van der Waals surface area contributed by atoms with E-state index in [2.05, 4.69) is 49.6 Å². The predicted molar refractivity (Wildman–Crippen MR) is 69.5 cm³/mol. The molecule has 1 atom stereocenters. The van der Waals surface area contributed by atoms with Gasteiger partial charge in [0.25, 0.3) is 0 Å². The van der Waals surface area contributed by atoms with E-state index in [0.29, 0.717) is 6.04 Å². The molecule has 0 aliphatic carbocycles. The van der Waals surface area contributed by atoms with E-state index in [1.807, 2.05) is 12.1 Å². The van der Waals surface area contributed by atoms with E-state index < -0.39 is 0 Å². The molecule has 0 saturated heterocycles. The summed E-state index contributed by atoms with van der Waals surface area (Å²) < 4.78 is 1.14. The van der Waals surface area contributed by atoms with Crippen molar-refractivity contribution in [2.24, 2.45) is 0 Å². The van der Waals surface area contributed by atoms with Gasteiger partial charge in [-0.1, -0.05) is 34.1 Å². The van der Waals surface area contributed by atoms with Crippen LogP contribution in [0.15, 0.2) is 41.0 Å². The molecule has 17 heavy (non-hydrogen) atoms. The molecule has 1 aliphatic rings. The van der Waals surface area contributed by atoms with Gasteiger partial charge in [0.1, 0.15) is 0 Å². The summed E-state index contributed by atoms with van der Waals surface area (Å²) in [5.41, 5.74) is 3.64. The van der Waals surface area contributed by atoms with Gasteiger partial charge in [-0.2, -0.15) is 10.2 Å². The largest absolute Gasteiger partial charge is 0.305 e. The van der Waals surface area contributed by atoms with Crippen molar-refractivity contribution in [1.29, 1.82) is 0 Å². The maximum atomic E-state index is 4.22. The Morgan fingerprint density at radius 2 is 2.12 bits per heavy atom. The molecular weight excluding hydrogens is 278 g/mol. The molecule has 2 heterocycles. The van der Waals surface area contributed by atoms with Crippen molar-refractivity contribution in [3.63, 3.8) is 0 Å². The SMILES string of the molecule is Brc1ccccc1C1Cc2nnccc2CN1. The van der Waals surface area contributed by atoms with Gasteiger partial charge in [-0.15, -0.1) is 0 Å².